The average Bonchev–Trinajstić information content (AvgIpc) is 2.86. The lowest BCUT2D eigenvalue weighted by Crippen LogP contribution is -2.29. The molecule has 1 aliphatic heterocycles. The largest absolute Gasteiger partial charge is 0.483 e. The minimum atomic E-state index is -0.233. The van der Waals surface area contributed by atoms with Crippen LogP contribution in [0.3, 0.4) is 0 Å². The minimum Gasteiger partial charge on any atom is -0.483 e. The molecule has 3 rings (SSSR count). The van der Waals surface area contributed by atoms with Gasteiger partial charge in [0.25, 0.3) is 5.91 Å². The molecule has 1 aliphatic rings. The molecule has 1 N–H and O–H groups in total. The molecule has 1 amide bonds. The Kier molecular flexibility index (Phi) is 4.19. The van der Waals surface area contributed by atoms with Crippen molar-refractivity contribution in [2.75, 3.05) is 6.61 Å². The lowest BCUT2D eigenvalue weighted by Gasteiger charge is -2.18. The van der Waals surface area contributed by atoms with Crippen LogP contribution in [0.2, 0.25) is 0 Å². The van der Waals surface area contributed by atoms with Gasteiger partial charge in [0.2, 0.25) is 0 Å². The highest BCUT2D eigenvalue weighted by Crippen LogP contribution is 2.41. The van der Waals surface area contributed by atoms with Gasteiger partial charge in [0.15, 0.2) is 18.1 Å². The number of para-hydroxylation sites is 1. The third-order valence-electron chi connectivity index (χ3n) is 3.61. The number of nitrogens with one attached hydrogen (secondary N) is 1. The number of rotatable bonds is 5. The van der Waals surface area contributed by atoms with Crippen LogP contribution in [0.15, 0.2) is 42.6 Å². The molecule has 0 unspecified atom stereocenters. The number of hydrogen-bond acceptors (Lipinski definition) is 4. The van der Waals surface area contributed by atoms with Crippen LogP contribution in [0.4, 0.5) is 0 Å². The fourth-order valence-electron chi connectivity index (χ4n) is 2.59. The molecule has 0 saturated heterocycles. The summed E-state index contributed by atoms with van der Waals surface area (Å²) < 4.78 is 11.6. The van der Waals surface area contributed by atoms with E-state index >= 15 is 0 Å². The number of aromatic nitrogens is 1. The molecular weight excluding hydrogens is 292 g/mol. The first-order chi connectivity index (χ1) is 11.0. The zero-order chi connectivity index (χ0) is 16.3. The van der Waals surface area contributed by atoms with E-state index in [1.807, 2.05) is 50.2 Å². The smallest absolute Gasteiger partial charge is 0.258 e. The Bertz CT molecular complexity index is 699. The summed E-state index contributed by atoms with van der Waals surface area (Å²) in [6, 6.07) is 11.4. The number of pyridine rings is 1. The van der Waals surface area contributed by atoms with Crippen molar-refractivity contribution in [3.05, 3.63) is 53.9 Å². The van der Waals surface area contributed by atoms with Crippen molar-refractivity contribution >= 4 is 5.91 Å². The van der Waals surface area contributed by atoms with Gasteiger partial charge < -0.3 is 14.8 Å². The zero-order valence-electron chi connectivity index (χ0n) is 13.3. The fraction of sp³-hybridized carbons (Fsp3) is 0.333. The molecule has 0 fully saturated rings. The van der Waals surface area contributed by atoms with Gasteiger partial charge in [0.1, 0.15) is 5.60 Å². The first-order valence-electron chi connectivity index (χ1n) is 7.64. The summed E-state index contributed by atoms with van der Waals surface area (Å²) >= 11 is 0. The Hall–Kier alpha value is -2.56. The van der Waals surface area contributed by atoms with Gasteiger partial charge in [-0.3, -0.25) is 9.78 Å². The van der Waals surface area contributed by atoms with Crippen LogP contribution >= 0.6 is 0 Å². The molecule has 2 heterocycles. The van der Waals surface area contributed by atoms with E-state index in [2.05, 4.69) is 10.3 Å². The highest BCUT2D eigenvalue weighted by atomic mass is 16.5. The SMILES string of the molecule is CC1(C)Cc2cccc(OCC(=O)NCc3ccccn3)c2O1. The number of fused-ring (bicyclic) bond motifs is 1. The van der Waals surface area contributed by atoms with Crippen molar-refractivity contribution in [3.8, 4) is 11.5 Å². The van der Waals surface area contributed by atoms with Crippen LogP contribution in [-0.4, -0.2) is 23.1 Å². The van der Waals surface area contributed by atoms with Gasteiger partial charge in [0, 0.05) is 18.2 Å². The first kappa shape index (κ1) is 15.3. The number of carbonyl (C=O) groups excluding carboxylic acids is 1. The minimum absolute atomic E-state index is 0.0485. The molecule has 2 aromatic rings. The zero-order valence-corrected chi connectivity index (χ0v) is 13.3. The highest BCUT2D eigenvalue weighted by molar-refractivity contribution is 5.77. The summed E-state index contributed by atoms with van der Waals surface area (Å²) in [5.41, 5.74) is 1.69. The molecular formula is C18H20N2O3. The van der Waals surface area contributed by atoms with Crippen LogP contribution in [0.25, 0.3) is 0 Å². The van der Waals surface area contributed by atoms with E-state index in [0.29, 0.717) is 12.3 Å². The van der Waals surface area contributed by atoms with Gasteiger partial charge in [-0.2, -0.15) is 0 Å². The second kappa shape index (κ2) is 6.28. The monoisotopic (exact) mass is 312 g/mol. The van der Waals surface area contributed by atoms with Crippen molar-refractivity contribution in [1.82, 2.24) is 10.3 Å². The summed E-state index contributed by atoms with van der Waals surface area (Å²) in [5.74, 6) is 1.17. The normalized spacial score (nSPS) is 14.7. The second-order valence-electron chi connectivity index (χ2n) is 6.17. The van der Waals surface area contributed by atoms with E-state index < -0.39 is 0 Å². The molecule has 0 aliphatic carbocycles. The van der Waals surface area contributed by atoms with Crippen LogP contribution in [-0.2, 0) is 17.8 Å². The first-order valence-corrected chi connectivity index (χ1v) is 7.64. The summed E-state index contributed by atoms with van der Waals surface area (Å²) in [5, 5.41) is 2.79. The van der Waals surface area contributed by atoms with Gasteiger partial charge in [-0.05, 0) is 32.0 Å². The van der Waals surface area contributed by atoms with Gasteiger partial charge in [-0.25, -0.2) is 0 Å². The molecule has 120 valence electrons. The van der Waals surface area contributed by atoms with Crippen LogP contribution in [0.1, 0.15) is 25.1 Å². The number of ether oxygens (including phenoxy) is 2. The molecule has 0 atom stereocenters. The molecule has 0 spiro atoms. The summed E-state index contributed by atoms with van der Waals surface area (Å²) in [6.07, 6.45) is 2.54. The van der Waals surface area contributed by atoms with Gasteiger partial charge in [-0.15, -0.1) is 0 Å². The molecule has 23 heavy (non-hydrogen) atoms. The Balaban J connectivity index is 1.55. The Labute approximate surface area is 135 Å². The highest BCUT2D eigenvalue weighted by Gasteiger charge is 2.32. The average molecular weight is 312 g/mol. The maximum atomic E-state index is 11.9. The number of carbonyl (C=O) groups is 1. The summed E-state index contributed by atoms with van der Waals surface area (Å²) in [6.45, 7) is 4.42. The van der Waals surface area contributed by atoms with E-state index in [0.717, 1.165) is 23.4 Å². The predicted octanol–water partition coefficient (Wildman–Crippen LogP) is 2.49. The molecule has 0 bridgehead atoms. The topological polar surface area (TPSA) is 60.5 Å². The van der Waals surface area contributed by atoms with E-state index in [9.17, 15) is 4.79 Å². The van der Waals surface area contributed by atoms with Crippen molar-refractivity contribution in [1.29, 1.82) is 0 Å². The number of benzene rings is 1. The van der Waals surface area contributed by atoms with E-state index in [1.54, 1.807) is 6.20 Å². The Morgan fingerprint density at radius 2 is 2.17 bits per heavy atom. The third kappa shape index (κ3) is 3.80. The Morgan fingerprint density at radius 1 is 1.30 bits per heavy atom. The van der Waals surface area contributed by atoms with Gasteiger partial charge in [-0.1, -0.05) is 18.2 Å². The van der Waals surface area contributed by atoms with Gasteiger partial charge in [0.05, 0.1) is 12.2 Å². The van der Waals surface area contributed by atoms with Crippen molar-refractivity contribution in [2.24, 2.45) is 0 Å². The number of amides is 1. The maximum Gasteiger partial charge on any atom is 0.258 e. The van der Waals surface area contributed by atoms with E-state index in [-0.39, 0.29) is 18.1 Å². The fourth-order valence-corrected chi connectivity index (χ4v) is 2.59. The van der Waals surface area contributed by atoms with Crippen molar-refractivity contribution in [2.45, 2.75) is 32.4 Å². The van der Waals surface area contributed by atoms with Crippen molar-refractivity contribution in [3.63, 3.8) is 0 Å². The van der Waals surface area contributed by atoms with Crippen LogP contribution in [0.5, 0.6) is 11.5 Å². The molecule has 5 nitrogen and oxygen atoms in total. The number of nitrogens with zero attached hydrogens (tertiary/aromatic N) is 1. The second-order valence-corrected chi connectivity index (χ2v) is 6.17. The summed E-state index contributed by atoms with van der Waals surface area (Å²) in [4.78, 5) is 16.1. The molecule has 5 heteroatoms. The Morgan fingerprint density at radius 3 is 2.96 bits per heavy atom. The molecule has 0 saturated carbocycles. The van der Waals surface area contributed by atoms with Crippen LogP contribution in [0, 0.1) is 0 Å². The van der Waals surface area contributed by atoms with E-state index in [4.69, 9.17) is 9.47 Å². The lowest BCUT2D eigenvalue weighted by atomic mass is 10.0. The molecule has 1 aromatic heterocycles. The maximum absolute atomic E-state index is 11.9. The predicted molar refractivity (Wildman–Crippen MR) is 86.4 cm³/mol. The van der Waals surface area contributed by atoms with Crippen molar-refractivity contribution < 1.29 is 14.3 Å². The van der Waals surface area contributed by atoms with Gasteiger partial charge >= 0.3 is 0 Å². The molecule has 0 radical (unpaired) electrons. The number of hydrogen-bond donors (Lipinski definition) is 1. The lowest BCUT2D eigenvalue weighted by molar-refractivity contribution is -0.123. The van der Waals surface area contributed by atoms with E-state index in [1.165, 1.54) is 0 Å². The molecule has 1 aromatic carbocycles. The van der Waals surface area contributed by atoms with Crippen LogP contribution < -0.4 is 14.8 Å². The quantitative estimate of drug-likeness (QED) is 0.921. The standard InChI is InChI=1S/C18H20N2O3/c1-18(2)10-13-6-5-8-15(17(13)23-18)22-12-16(21)20-11-14-7-3-4-9-19-14/h3-9H,10-12H2,1-2H3,(H,20,21). The third-order valence-corrected chi connectivity index (χ3v) is 3.61. The summed E-state index contributed by atoms with van der Waals surface area (Å²) in [7, 11) is 0.